The van der Waals surface area contributed by atoms with Crippen molar-refractivity contribution >= 4 is 41.7 Å². The maximum atomic E-state index is 11.9. The molecule has 1 atom stereocenters. The third kappa shape index (κ3) is 15.8. The van der Waals surface area contributed by atoms with Gasteiger partial charge in [-0.1, -0.05) is 12.1 Å². The van der Waals surface area contributed by atoms with E-state index in [-0.39, 0.29) is 30.1 Å². The number of carbonyl (C=O) groups is 1. The zero-order valence-corrected chi connectivity index (χ0v) is 23.7. The summed E-state index contributed by atoms with van der Waals surface area (Å²) < 4.78 is 11.1. The number of aliphatic imine (C=N–C) groups is 1. The topological polar surface area (TPSA) is 87.2 Å². The maximum Gasteiger partial charge on any atom is 0.412 e. The predicted octanol–water partition coefficient (Wildman–Crippen LogP) is 4.11. The van der Waals surface area contributed by atoms with Crippen molar-refractivity contribution < 1.29 is 14.3 Å². The van der Waals surface area contributed by atoms with E-state index < -0.39 is 11.7 Å². The number of carbonyl (C=O) groups excluding carboxylic acids is 1. The first-order valence-corrected chi connectivity index (χ1v) is 11.5. The van der Waals surface area contributed by atoms with Crippen LogP contribution in [0.25, 0.3) is 0 Å². The van der Waals surface area contributed by atoms with Gasteiger partial charge in [0, 0.05) is 31.9 Å². The quantitative estimate of drug-likeness (QED) is 0.197. The summed E-state index contributed by atoms with van der Waals surface area (Å²) in [4.78, 5) is 18.7. The van der Waals surface area contributed by atoms with Crippen LogP contribution in [0, 0.1) is 0 Å². The lowest BCUT2D eigenvalue weighted by molar-refractivity contribution is 0.0582. The van der Waals surface area contributed by atoms with E-state index in [0.29, 0.717) is 18.8 Å². The zero-order chi connectivity index (χ0) is 24.0. The van der Waals surface area contributed by atoms with E-state index in [0.717, 1.165) is 38.4 Å². The molecule has 1 aromatic rings. The minimum Gasteiger partial charge on any atom is -0.444 e. The molecule has 3 N–H and O–H groups in total. The van der Waals surface area contributed by atoms with E-state index in [1.165, 1.54) is 5.56 Å². The average molecular weight is 578 g/mol. The fourth-order valence-corrected chi connectivity index (χ4v) is 2.90. The fourth-order valence-electron chi connectivity index (χ4n) is 2.90. The molecule has 1 aromatic carbocycles. The molecule has 8 nitrogen and oxygen atoms in total. The molecule has 190 valence electrons. The number of rotatable bonds is 12. The van der Waals surface area contributed by atoms with Crippen LogP contribution in [-0.2, 0) is 15.9 Å². The van der Waals surface area contributed by atoms with Gasteiger partial charge < -0.3 is 25.0 Å². The van der Waals surface area contributed by atoms with Crippen LogP contribution in [0.4, 0.5) is 10.5 Å². The standard InChI is InChI=1S/C24H43N5O3.HI/c1-8-25-22(27-18-21(31-9-2)15-17-29(6)7)26-16-14-19-10-12-20(13-11-19)28-23(30)32-24(3,4)5;/h10-13,21H,8-9,14-18H2,1-7H3,(H,28,30)(H2,25,26,27);1H. The Bertz CT molecular complexity index is 690. The Morgan fingerprint density at radius 1 is 1.12 bits per heavy atom. The first-order valence-electron chi connectivity index (χ1n) is 11.5. The third-order valence-corrected chi connectivity index (χ3v) is 4.40. The molecule has 0 heterocycles. The van der Waals surface area contributed by atoms with Crippen molar-refractivity contribution in [3.63, 3.8) is 0 Å². The Kier molecular flexibility index (Phi) is 16.1. The van der Waals surface area contributed by atoms with Gasteiger partial charge in [0.05, 0.1) is 12.6 Å². The van der Waals surface area contributed by atoms with E-state index >= 15 is 0 Å². The molecular formula is C24H44IN5O3. The molecule has 1 rings (SSSR count). The highest BCUT2D eigenvalue weighted by Gasteiger charge is 2.16. The minimum absolute atomic E-state index is 0. The van der Waals surface area contributed by atoms with Crippen LogP contribution in [0.3, 0.4) is 0 Å². The van der Waals surface area contributed by atoms with Crippen LogP contribution >= 0.6 is 24.0 Å². The molecule has 0 spiro atoms. The maximum absolute atomic E-state index is 11.9. The number of nitrogens with one attached hydrogen (secondary N) is 3. The first-order chi connectivity index (χ1) is 15.1. The number of guanidine groups is 1. The lowest BCUT2D eigenvalue weighted by Crippen LogP contribution is -2.39. The monoisotopic (exact) mass is 577 g/mol. The van der Waals surface area contributed by atoms with Crippen molar-refractivity contribution in [2.24, 2.45) is 4.99 Å². The number of hydrogen-bond donors (Lipinski definition) is 3. The van der Waals surface area contributed by atoms with Crippen LogP contribution in [-0.4, -0.2) is 75.5 Å². The summed E-state index contributed by atoms with van der Waals surface area (Å²) in [5, 5.41) is 9.43. The Hall–Kier alpha value is -1.59. The largest absolute Gasteiger partial charge is 0.444 e. The van der Waals surface area contributed by atoms with Crippen molar-refractivity contribution in [1.29, 1.82) is 0 Å². The lowest BCUT2D eigenvalue weighted by atomic mass is 10.1. The molecule has 1 unspecified atom stereocenters. The van der Waals surface area contributed by atoms with Crippen LogP contribution in [0.2, 0.25) is 0 Å². The Morgan fingerprint density at radius 2 is 1.79 bits per heavy atom. The molecule has 0 fully saturated rings. The number of benzene rings is 1. The van der Waals surface area contributed by atoms with Crippen LogP contribution in [0.1, 0.15) is 46.6 Å². The van der Waals surface area contributed by atoms with Gasteiger partial charge in [-0.05, 0) is 79.3 Å². The Labute approximate surface area is 217 Å². The zero-order valence-electron chi connectivity index (χ0n) is 21.4. The van der Waals surface area contributed by atoms with Crippen molar-refractivity contribution in [2.45, 2.75) is 59.2 Å². The number of anilines is 1. The van der Waals surface area contributed by atoms with Gasteiger partial charge in [-0.2, -0.15) is 0 Å². The normalized spacial score (nSPS) is 12.7. The number of amides is 1. The second-order valence-corrected chi connectivity index (χ2v) is 8.89. The molecule has 0 aromatic heterocycles. The number of hydrogen-bond acceptors (Lipinski definition) is 5. The smallest absolute Gasteiger partial charge is 0.412 e. The molecule has 0 radical (unpaired) electrons. The molecule has 1 amide bonds. The fraction of sp³-hybridized carbons (Fsp3) is 0.667. The van der Waals surface area contributed by atoms with Crippen molar-refractivity contribution in [1.82, 2.24) is 15.5 Å². The average Bonchev–Trinajstić information content (AvgIpc) is 2.69. The second-order valence-electron chi connectivity index (χ2n) is 8.89. The summed E-state index contributed by atoms with van der Waals surface area (Å²) in [5.74, 6) is 0.797. The summed E-state index contributed by atoms with van der Waals surface area (Å²) in [6, 6.07) is 7.78. The molecule has 0 aliphatic carbocycles. The van der Waals surface area contributed by atoms with Crippen LogP contribution in [0.15, 0.2) is 29.3 Å². The van der Waals surface area contributed by atoms with Gasteiger partial charge in [-0.3, -0.25) is 10.3 Å². The highest BCUT2D eigenvalue weighted by molar-refractivity contribution is 14.0. The Morgan fingerprint density at radius 3 is 2.33 bits per heavy atom. The predicted molar refractivity (Wildman–Crippen MR) is 148 cm³/mol. The summed E-state index contributed by atoms with van der Waals surface area (Å²) in [6.07, 6.45) is 1.46. The molecule has 0 aliphatic rings. The van der Waals surface area contributed by atoms with Crippen LogP contribution < -0.4 is 16.0 Å². The summed E-state index contributed by atoms with van der Waals surface area (Å²) in [7, 11) is 4.13. The summed E-state index contributed by atoms with van der Waals surface area (Å²) in [6.45, 7) is 13.4. The molecular weight excluding hydrogens is 533 g/mol. The van der Waals surface area contributed by atoms with Crippen molar-refractivity contribution in [2.75, 3.05) is 52.2 Å². The van der Waals surface area contributed by atoms with Crippen molar-refractivity contribution in [3.8, 4) is 0 Å². The van der Waals surface area contributed by atoms with Crippen LogP contribution in [0.5, 0.6) is 0 Å². The summed E-state index contributed by atoms with van der Waals surface area (Å²) >= 11 is 0. The van der Waals surface area contributed by atoms with E-state index in [2.05, 4.69) is 41.9 Å². The van der Waals surface area contributed by atoms with Crippen molar-refractivity contribution in [3.05, 3.63) is 29.8 Å². The van der Waals surface area contributed by atoms with E-state index in [9.17, 15) is 4.79 Å². The van der Waals surface area contributed by atoms with Gasteiger partial charge >= 0.3 is 6.09 Å². The minimum atomic E-state index is -0.517. The number of halogens is 1. The molecule has 0 aliphatic heterocycles. The highest BCUT2D eigenvalue weighted by Crippen LogP contribution is 2.13. The first kappa shape index (κ1) is 31.4. The molecule has 33 heavy (non-hydrogen) atoms. The van der Waals surface area contributed by atoms with E-state index in [1.807, 2.05) is 52.0 Å². The molecule has 0 saturated heterocycles. The van der Waals surface area contributed by atoms with Gasteiger partial charge in [0.1, 0.15) is 5.60 Å². The highest BCUT2D eigenvalue weighted by atomic mass is 127. The van der Waals surface area contributed by atoms with Gasteiger partial charge in [-0.15, -0.1) is 24.0 Å². The van der Waals surface area contributed by atoms with E-state index in [4.69, 9.17) is 14.5 Å². The Balaban J connectivity index is 0.0000102. The summed E-state index contributed by atoms with van der Waals surface area (Å²) in [5.41, 5.74) is 1.36. The molecule has 0 bridgehead atoms. The number of ether oxygens (including phenoxy) is 2. The van der Waals surface area contributed by atoms with Gasteiger partial charge in [-0.25, -0.2) is 4.79 Å². The lowest BCUT2D eigenvalue weighted by Gasteiger charge is -2.19. The number of nitrogens with zero attached hydrogens (tertiary/aromatic N) is 2. The second kappa shape index (κ2) is 16.9. The SMILES string of the molecule is CCNC(=NCC(CCN(C)C)OCC)NCCc1ccc(NC(=O)OC(C)(C)C)cc1.I. The molecule has 0 saturated carbocycles. The van der Waals surface area contributed by atoms with Gasteiger partial charge in [0.15, 0.2) is 5.96 Å². The van der Waals surface area contributed by atoms with Gasteiger partial charge in [0.25, 0.3) is 0 Å². The van der Waals surface area contributed by atoms with Gasteiger partial charge in [0.2, 0.25) is 0 Å². The van der Waals surface area contributed by atoms with E-state index in [1.54, 1.807) is 0 Å². The third-order valence-electron chi connectivity index (χ3n) is 4.40. The molecule has 9 heteroatoms.